The van der Waals surface area contributed by atoms with Crippen LogP contribution in [-0.4, -0.2) is 26.0 Å². The molecule has 0 fully saturated rings. The van der Waals surface area contributed by atoms with Gasteiger partial charge in [0.25, 0.3) is 0 Å². The summed E-state index contributed by atoms with van der Waals surface area (Å²) in [5, 5.41) is 11.4. The molecule has 0 radical (unpaired) electrons. The fourth-order valence-electron chi connectivity index (χ4n) is 2.27. The van der Waals surface area contributed by atoms with Gasteiger partial charge in [-0.2, -0.15) is 10.1 Å². The highest BCUT2D eigenvalue weighted by molar-refractivity contribution is 5.22. The molecule has 8 heteroatoms. The Kier molecular flexibility index (Phi) is 5.39. The van der Waals surface area contributed by atoms with Crippen molar-refractivity contribution in [1.82, 2.24) is 25.2 Å². The van der Waals surface area contributed by atoms with Gasteiger partial charge in [-0.05, 0) is 43.7 Å². The molecule has 0 spiro atoms. The van der Waals surface area contributed by atoms with Gasteiger partial charge in [-0.1, -0.05) is 5.16 Å². The molecule has 0 saturated heterocycles. The maximum absolute atomic E-state index is 12.8. The maximum Gasteiger partial charge on any atom is 0.240 e. The molecule has 2 heterocycles. The van der Waals surface area contributed by atoms with Gasteiger partial charge < -0.3 is 14.6 Å². The summed E-state index contributed by atoms with van der Waals surface area (Å²) >= 11 is 0. The van der Waals surface area contributed by atoms with E-state index in [1.165, 1.54) is 12.1 Å². The topological polar surface area (TPSA) is 78.0 Å². The number of ether oxygens (including phenoxy) is 1. The number of aryl methyl sites for hydroxylation is 1. The molecule has 1 atom stereocenters. The molecule has 0 unspecified atom stereocenters. The van der Waals surface area contributed by atoms with Crippen LogP contribution in [0.1, 0.15) is 24.2 Å². The summed E-state index contributed by atoms with van der Waals surface area (Å²) in [5.74, 6) is 1.17. The Morgan fingerprint density at radius 3 is 2.84 bits per heavy atom. The fraction of sp³-hybridized carbons (Fsp3) is 0.353. The van der Waals surface area contributed by atoms with Crippen LogP contribution in [0.5, 0.6) is 5.75 Å². The summed E-state index contributed by atoms with van der Waals surface area (Å²) in [4.78, 5) is 4.26. The summed E-state index contributed by atoms with van der Waals surface area (Å²) in [6.45, 7) is 5.45. The minimum atomic E-state index is -0.306. The molecule has 7 nitrogen and oxygen atoms in total. The van der Waals surface area contributed by atoms with Gasteiger partial charge in [-0.3, -0.25) is 4.68 Å². The van der Waals surface area contributed by atoms with Crippen LogP contribution in [0.2, 0.25) is 0 Å². The molecule has 0 aliphatic heterocycles. The van der Waals surface area contributed by atoms with Crippen LogP contribution in [0.25, 0.3) is 0 Å². The molecule has 2 aromatic heterocycles. The van der Waals surface area contributed by atoms with Crippen molar-refractivity contribution in [3.63, 3.8) is 0 Å². The summed E-state index contributed by atoms with van der Waals surface area (Å²) < 4.78 is 25.4. The standard InChI is InChI=1S/C17H20FN5O2/c1-12-7-20-23(9-12)10-13(2)19-8-17-21-16(22-25-17)11-24-15-5-3-14(18)4-6-15/h3-7,9,13,19H,8,10-11H2,1-2H3/t13-/m0/s1. The first-order chi connectivity index (χ1) is 12.1. The maximum atomic E-state index is 12.8. The highest BCUT2D eigenvalue weighted by Crippen LogP contribution is 2.12. The summed E-state index contributed by atoms with van der Waals surface area (Å²) in [6.07, 6.45) is 3.83. The largest absolute Gasteiger partial charge is 0.485 e. The van der Waals surface area contributed by atoms with Gasteiger partial charge in [0.15, 0.2) is 6.61 Å². The van der Waals surface area contributed by atoms with Crippen LogP contribution in [0, 0.1) is 12.7 Å². The molecule has 3 aromatic rings. The van der Waals surface area contributed by atoms with Gasteiger partial charge >= 0.3 is 0 Å². The van der Waals surface area contributed by atoms with Crippen LogP contribution in [0.3, 0.4) is 0 Å². The first kappa shape index (κ1) is 17.1. The normalized spacial score (nSPS) is 12.3. The van der Waals surface area contributed by atoms with E-state index in [-0.39, 0.29) is 18.5 Å². The van der Waals surface area contributed by atoms with Gasteiger partial charge in [0.05, 0.1) is 19.3 Å². The van der Waals surface area contributed by atoms with E-state index in [1.807, 2.05) is 24.0 Å². The van der Waals surface area contributed by atoms with Crippen molar-refractivity contribution in [2.24, 2.45) is 0 Å². The predicted molar refractivity (Wildman–Crippen MR) is 88.3 cm³/mol. The average molecular weight is 345 g/mol. The van der Waals surface area contributed by atoms with Crippen molar-refractivity contribution in [3.8, 4) is 5.75 Å². The summed E-state index contributed by atoms with van der Waals surface area (Å²) in [5.41, 5.74) is 1.13. The Labute approximate surface area is 144 Å². The lowest BCUT2D eigenvalue weighted by atomic mass is 10.3. The van der Waals surface area contributed by atoms with Gasteiger partial charge in [0.2, 0.25) is 11.7 Å². The number of aromatic nitrogens is 4. The Bertz CT molecular complexity index is 799. The highest BCUT2D eigenvalue weighted by atomic mass is 19.1. The monoisotopic (exact) mass is 345 g/mol. The Morgan fingerprint density at radius 1 is 1.32 bits per heavy atom. The molecule has 1 N–H and O–H groups in total. The Morgan fingerprint density at radius 2 is 2.12 bits per heavy atom. The third-order valence-corrected chi connectivity index (χ3v) is 3.52. The van der Waals surface area contributed by atoms with E-state index in [4.69, 9.17) is 9.26 Å². The van der Waals surface area contributed by atoms with E-state index in [1.54, 1.807) is 12.1 Å². The quantitative estimate of drug-likeness (QED) is 0.676. The van der Waals surface area contributed by atoms with Crippen molar-refractivity contribution in [2.75, 3.05) is 0 Å². The number of hydrogen-bond donors (Lipinski definition) is 1. The molecule has 0 bridgehead atoms. The lowest BCUT2D eigenvalue weighted by Gasteiger charge is -2.11. The Balaban J connectivity index is 1.44. The lowest BCUT2D eigenvalue weighted by Crippen LogP contribution is -2.30. The molecular formula is C17H20FN5O2. The van der Waals surface area contributed by atoms with Crippen molar-refractivity contribution in [1.29, 1.82) is 0 Å². The first-order valence-electron chi connectivity index (χ1n) is 8.01. The van der Waals surface area contributed by atoms with E-state index in [9.17, 15) is 4.39 Å². The van der Waals surface area contributed by atoms with E-state index >= 15 is 0 Å². The average Bonchev–Trinajstić information content (AvgIpc) is 3.21. The SMILES string of the molecule is Cc1cnn(C[C@H](C)NCc2nc(COc3ccc(F)cc3)no2)c1. The lowest BCUT2D eigenvalue weighted by molar-refractivity contribution is 0.283. The minimum absolute atomic E-state index is 0.164. The van der Waals surface area contributed by atoms with Crippen LogP contribution in [0.15, 0.2) is 41.2 Å². The fourth-order valence-corrected chi connectivity index (χ4v) is 2.27. The number of nitrogens with zero attached hydrogens (tertiary/aromatic N) is 4. The zero-order valence-corrected chi connectivity index (χ0v) is 14.1. The molecule has 1 aromatic carbocycles. The predicted octanol–water partition coefficient (Wildman–Crippen LogP) is 2.47. The number of hydrogen-bond acceptors (Lipinski definition) is 6. The second-order valence-electron chi connectivity index (χ2n) is 5.87. The highest BCUT2D eigenvalue weighted by Gasteiger charge is 2.09. The van der Waals surface area contributed by atoms with Crippen molar-refractivity contribution in [2.45, 2.75) is 39.6 Å². The van der Waals surface area contributed by atoms with Crippen molar-refractivity contribution < 1.29 is 13.7 Å². The van der Waals surface area contributed by atoms with Crippen LogP contribution in [0.4, 0.5) is 4.39 Å². The summed E-state index contributed by atoms with van der Waals surface area (Å²) in [7, 11) is 0. The molecule has 0 amide bonds. The summed E-state index contributed by atoms with van der Waals surface area (Å²) in [6, 6.07) is 5.98. The molecule has 0 saturated carbocycles. The van der Waals surface area contributed by atoms with Gasteiger partial charge in [0.1, 0.15) is 11.6 Å². The zero-order valence-electron chi connectivity index (χ0n) is 14.1. The number of rotatable bonds is 8. The third-order valence-electron chi connectivity index (χ3n) is 3.52. The molecule has 3 rings (SSSR count). The van der Waals surface area contributed by atoms with E-state index < -0.39 is 0 Å². The van der Waals surface area contributed by atoms with E-state index in [0.29, 0.717) is 24.0 Å². The van der Waals surface area contributed by atoms with E-state index in [0.717, 1.165) is 12.1 Å². The smallest absolute Gasteiger partial charge is 0.240 e. The second-order valence-corrected chi connectivity index (χ2v) is 5.87. The molecule has 132 valence electrons. The molecular weight excluding hydrogens is 325 g/mol. The Hall–Kier alpha value is -2.74. The van der Waals surface area contributed by atoms with Crippen LogP contribution >= 0.6 is 0 Å². The third kappa shape index (κ3) is 5.12. The van der Waals surface area contributed by atoms with Crippen LogP contribution in [-0.2, 0) is 19.7 Å². The molecule has 25 heavy (non-hydrogen) atoms. The molecule has 0 aliphatic rings. The first-order valence-corrected chi connectivity index (χ1v) is 8.01. The number of halogens is 1. The molecule has 0 aliphatic carbocycles. The van der Waals surface area contributed by atoms with Crippen LogP contribution < -0.4 is 10.1 Å². The van der Waals surface area contributed by atoms with Gasteiger partial charge in [-0.25, -0.2) is 4.39 Å². The second kappa shape index (κ2) is 7.89. The van der Waals surface area contributed by atoms with Crippen molar-refractivity contribution in [3.05, 3.63) is 59.8 Å². The van der Waals surface area contributed by atoms with Gasteiger partial charge in [0, 0.05) is 12.2 Å². The van der Waals surface area contributed by atoms with E-state index in [2.05, 4.69) is 27.5 Å². The number of nitrogens with one attached hydrogen (secondary N) is 1. The number of benzene rings is 1. The van der Waals surface area contributed by atoms with Gasteiger partial charge in [-0.15, -0.1) is 0 Å². The zero-order chi connectivity index (χ0) is 17.6. The van der Waals surface area contributed by atoms with Crippen molar-refractivity contribution >= 4 is 0 Å². The minimum Gasteiger partial charge on any atom is -0.485 e.